The quantitative estimate of drug-likeness (QED) is 0.371. The van der Waals surface area contributed by atoms with E-state index < -0.39 is 17.8 Å². The SMILES string of the molecule is CC(NCC(O)COc1ccc(Cl)c(Cl)c1)c1ccc(-c2ccccc2C(F)(F)F)cc1. The highest BCUT2D eigenvalue weighted by atomic mass is 35.5. The van der Waals surface area contributed by atoms with Gasteiger partial charge >= 0.3 is 6.18 Å². The monoisotopic (exact) mass is 483 g/mol. The molecular formula is C24H22Cl2F3NO2. The van der Waals surface area contributed by atoms with Crippen molar-refractivity contribution in [2.75, 3.05) is 13.2 Å². The highest BCUT2D eigenvalue weighted by molar-refractivity contribution is 6.42. The van der Waals surface area contributed by atoms with E-state index in [2.05, 4.69) is 5.32 Å². The Kier molecular flexibility index (Phi) is 8.06. The summed E-state index contributed by atoms with van der Waals surface area (Å²) in [4.78, 5) is 0. The van der Waals surface area contributed by atoms with Crippen molar-refractivity contribution >= 4 is 23.2 Å². The number of hydrogen-bond donors (Lipinski definition) is 2. The van der Waals surface area contributed by atoms with Crippen LogP contribution >= 0.6 is 23.2 Å². The molecule has 2 unspecified atom stereocenters. The van der Waals surface area contributed by atoms with Crippen LogP contribution in [0.15, 0.2) is 66.7 Å². The molecule has 0 saturated heterocycles. The molecular weight excluding hydrogens is 462 g/mol. The van der Waals surface area contributed by atoms with Crippen LogP contribution in [0.5, 0.6) is 5.75 Å². The molecule has 170 valence electrons. The van der Waals surface area contributed by atoms with Crippen LogP contribution in [0.2, 0.25) is 10.0 Å². The average molecular weight is 484 g/mol. The third-order valence-corrected chi connectivity index (χ3v) is 5.69. The van der Waals surface area contributed by atoms with Gasteiger partial charge in [-0.2, -0.15) is 13.2 Å². The van der Waals surface area contributed by atoms with Gasteiger partial charge < -0.3 is 15.2 Å². The maximum absolute atomic E-state index is 13.3. The van der Waals surface area contributed by atoms with Gasteiger partial charge in [0.2, 0.25) is 0 Å². The molecule has 3 nitrogen and oxygen atoms in total. The fraction of sp³-hybridized carbons (Fsp3) is 0.250. The number of alkyl halides is 3. The Balaban J connectivity index is 1.56. The van der Waals surface area contributed by atoms with Crippen LogP contribution in [0.4, 0.5) is 13.2 Å². The Labute approximate surface area is 194 Å². The summed E-state index contributed by atoms with van der Waals surface area (Å²) in [6.07, 6.45) is -5.19. The molecule has 0 aromatic heterocycles. The minimum atomic E-state index is -4.42. The summed E-state index contributed by atoms with van der Waals surface area (Å²) in [5, 5.41) is 14.2. The van der Waals surface area contributed by atoms with Gasteiger partial charge in [-0.15, -0.1) is 0 Å². The van der Waals surface area contributed by atoms with E-state index in [9.17, 15) is 18.3 Å². The summed E-state index contributed by atoms with van der Waals surface area (Å²) < 4.78 is 45.3. The first-order valence-electron chi connectivity index (χ1n) is 9.91. The number of ether oxygens (including phenoxy) is 1. The number of halogens is 5. The van der Waals surface area contributed by atoms with Crippen molar-refractivity contribution < 1.29 is 23.0 Å². The summed E-state index contributed by atoms with van der Waals surface area (Å²) in [6, 6.07) is 17.1. The summed E-state index contributed by atoms with van der Waals surface area (Å²) in [6.45, 7) is 2.23. The number of nitrogens with one attached hydrogen (secondary N) is 1. The van der Waals surface area contributed by atoms with E-state index in [4.69, 9.17) is 27.9 Å². The topological polar surface area (TPSA) is 41.5 Å². The summed E-state index contributed by atoms with van der Waals surface area (Å²) in [5.74, 6) is 0.501. The van der Waals surface area contributed by atoms with Crippen LogP contribution < -0.4 is 10.1 Å². The Morgan fingerprint density at radius 3 is 2.31 bits per heavy atom. The van der Waals surface area contributed by atoms with E-state index in [1.165, 1.54) is 12.1 Å². The molecule has 2 atom stereocenters. The standard InChI is InChI=1S/C24H22Cl2F3NO2/c1-15(30-13-18(31)14-32-19-10-11-22(25)23(26)12-19)16-6-8-17(9-7-16)20-4-2-3-5-21(20)24(27,28)29/h2-12,15,18,30-31H,13-14H2,1H3. The molecule has 0 radical (unpaired) electrons. The molecule has 3 rings (SSSR count). The summed E-state index contributed by atoms with van der Waals surface area (Å²) >= 11 is 11.8. The smallest absolute Gasteiger partial charge is 0.417 e. The van der Waals surface area contributed by atoms with Crippen molar-refractivity contribution in [2.24, 2.45) is 0 Å². The van der Waals surface area contributed by atoms with Gasteiger partial charge in [0.05, 0.1) is 15.6 Å². The van der Waals surface area contributed by atoms with Gasteiger partial charge in [0, 0.05) is 18.7 Å². The molecule has 0 fully saturated rings. The lowest BCUT2D eigenvalue weighted by molar-refractivity contribution is -0.137. The van der Waals surface area contributed by atoms with Gasteiger partial charge in [-0.25, -0.2) is 0 Å². The first kappa shape index (κ1) is 24.4. The van der Waals surface area contributed by atoms with Crippen molar-refractivity contribution in [3.63, 3.8) is 0 Å². The molecule has 2 N–H and O–H groups in total. The maximum Gasteiger partial charge on any atom is 0.417 e. The van der Waals surface area contributed by atoms with E-state index in [0.29, 0.717) is 21.4 Å². The minimum absolute atomic E-state index is 0.0604. The lowest BCUT2D eigenvalue weighted by Gasteiger charge is -2.19. The zero-order valence-electron chi connectivity index (χ0n) is 17.2. The zero-order valence-corrected chi connectivity index (χ0v) is 18.7. The average Bonchev–Trinajstić information content (AvgIpc) is 2.77. The van der Waals surface area contributed by atoms with Crippen molar-refractivity contribution in [2.45, 2.75) is 25.2 Å². The van der Waals surface area contributed by atoms with Crippen LogP contribution in [0, 0.1) is 0 Å². The van der Waals surface area contributed by atoms with Gasteiger partial charge in [-0.3, -0.25) is 0 Å². The van der Waals surface area contributed by atoms with Gasteiger partial charge in [-0.1, -0.05) is 65.7 Å². The molecule has 0 aliphatic carbocycles. The molecule has 0 heterocycles. The normalized spacial score (nSPS) is 13.6. The van der Waals surface area contributed by atoms with Crippen LogP contribution in [-0.4, -0.2) is 24.4 Å². The minimum Gasteiger partial charge on any atom is -0.491 e. The van der Waals surface area contributed by atoms with E-state index in [-0.39, 0.29) is 24.8 Å². The molecule has 0 amide bonds. The van der Waals surface area contributed by atoms with Gasteiger partial charge in [0.25, 0.3) is 0 Å². The van der Waals surface area contributed by atoms with Crippen LogP contribution in [-0.2, 0) is 6.18 Å². The Morgan fingerprint density at radius 1 is 0.969 bits per heavy atom. The molecule has 3 aromatic carbocycles. The molecule has 0 aliphatic heterocycles. The molecule has 0 aliphatic rings. The van der Waals surface area contributed by atoms with Crippen molar-refractivity contribution in [1.29, 1.82) is 0 Å². The maximum atomic E-state index is 13.3. The van der Waals surface area contributed by atoms with Crippen LogP contribution in [0.25, 0.3) is 11.1 Å². The zero-order chi connectivity index (χ0) is 23.3. The van der Waals surface area contributed by atoms with Gasteiger partial charge in [0.1, 0.15) is 18.5 Å². The fourth-order valence-electron chi connectivity index (χ4n) is 3.18. The number of aliphatic hydroxyl groups is 1. The van der Waals surface area contributed by atoms with E-state index in [1.807, 2.05) is 6.92 Å². The summed E-state index contributed by atoms with van der Waals surface area (Å²) in [5.41, 5.74) is 0.853. The van der Waals surface area contributed by atoms with Crippen molar-refractivity contribution in [3.8, 4) is 16.9 Å². The van der Waals surface area contributed by atoms with Crippen molar-refractivity contribution in [3.05, 3.63) is 87.9 Å². The second kappa shape index (κ2) is 10.6. The first-order chi connectivity index (χ1) is 15.1. The first-order valence-corrected chi connectivity index (χ1v) is 10.7. The molecule has 0 bridgehead atoms. The molecule has 0 spiro atoms. The van der Waals surface area contributed by atoms with Crippen LogP contribution in [0.1, 0.15) is 24.1 Å². The third kappa shape index (κ3) is 6.39. The third-order valence-electron chi connectivity index (χ3n) is 4.95. The Morgan fingerprint density at radius 2 is 1.66 bits per heavy atom. The van der Waals surface area contributed by atoms with E-state index >= 15 is 0 Å². The van der Waals surface area contributed by atoms with E-state index in [1.54, 1.807) is 48.5 Å². The number of aliphatic hydroxyl groups excluding tert-OH is 1. The van der Waals surface area contributed by atoms with Crippen LogP contribution in [0.3, 0.4) is 0 Å². The second-order valence-electron chi connectivity index (χ2n) is 7.34. The lowest BCUT2D eigenvalue weighted by atomic mass is 9.97. The molecule has 3 aromatic rings. The predicted molar refractivity (Wildman–Crippen MR) is 121 cm³/mol. The van der Waals surface area contributed by atoms with Gasteiger partial charge in [-0.05, 0) is 41.8 Å². The highest BCUT2D eigenvalue weighted by Gasteiger charge is 2.33. The largest absolute Gasteiger partial charge is 0.491 e. The number of rotatable bonds is 8. The van der Waals surface area contributed by atoms with Crippen molar-refractivity contribution in [1.82, 2.24) is 5.32 Å². The Bertz CT molecular complexity index is 1040. The number of hydrogen-bond acceptors (Lipinski definition) is 3. The Hall–Kier alpha value is -2.25. The molecule has 0 saturated carbocycles. The fourth-order valence-corrected chi connectivity index (χ4v) is 3.47. The lowest BCUT2D eigenvalue weighted by Crippen LogP contribution is -2.33. The second-order valence-corrected chi connectivity index (χ2v) is 8.15. The number of benzene rings is 3. The van der Waals surface area contributed by atoms with E-state index in [0.717, 1.165) is 11.6 Å². The highest BCUT2D eigenvalue weighted by Crippen LogP contribution is 2.37. The molecule has 8 heteroatoms. The predicted octanol–water partition coefficient (Wildman–Crippen LogP) is 6.77. The summed E-state index contributed by atoms with van der Waals surface area (Å²) in [7, 11) is 0. The van der Waals surface area contributed by atoms with Gasteiger partial charge in [0.15, 0.2) is 0 Å². The molecule has 32 heavy (non-hydrogen) atoms.